The lowest BCUT2D eigenvalue weighted by atomic mass is 10.1. The summed E-state index contributed by atoms with van der Waals surface area (Å²) in [6.45, 7) is 1.15. The predicted molar refractivity (Wildman–Crippen MR) is 65.2 cm³/mol. The number of halogens is 1. The molecule has 0 spiro atoms. The van der Waals surface area contributed by atoms with Crippen LogP contribution in [0.5, 0.6) is 0 Å². The molecule has 2 heteroatoms. The molecule has 0 heterocycles. The van der Waals surface area contributed by atoms with Crippen molar-refractivity contribution in [3.8, 4) is 0 Å². The Hall–Kier alpha value is -0.530. The normalized spacial score (nSPS) is 9.50. The van der Waals surface area contributed by atoms with Crippen molar-refractivity contribution in [2.75, 3.05) is 13.6 Å². The second-order valence-corrected chi connectivity index (χ2v) is 3.40. The molecule has 0 bridgehead atoms. The van der Waals surface area contributed by atoms with E-state index in [4.69, 9.17) is 0 Å². The number of aryl methyl sites for hydroxylation is 1. The lowest BCUT2D eigenvalue weighted by molar-refractivity contribution is 0.642. The highest BCUT2D eigenvalue weighted by atomic mass is 35.5. The molecule has 0 amide bonds. The maximum absolute atomic E-state index is 3.17. The van der Waals surface area contributed by atoms with E-state index in [9.17, 15) is 0 Å². The Morgan fingerprint density at radius 2 is 1.71 bits per heavy atom. The van der Waals surface area contributed by atoms with Gasteiger partial charge in [0, 0.05) is 0 Å². The van der Waals surface area contributed by atoms with Crippen molar-refractivity contribution in [1.29, 1.82) is 0 Å². The van der Waals surface area contributed by atoms with Gasteiger partial charge in [-0.25, -0.2) is 0 Å². The number of nitrogens with one attached hydrogen (secondary N) is 1. The zero-order valence-corrected chi connectivity index (χ0v) is 9.65. The molecular weight excluding hydrogens is 194 g/mol. The topological polar surface area (TPSA) is 12.0 Å². The van der Waals surface area contributed by atoms with Crippen molar-refractivity contribution < 1.29 is 0 Å². The Kier molecular flexibility index (Phi) is 8.70. The molecule has 0 atom stereocenters. The van der Waals surface area contributed by atoms with Crippen molar-refractivity contribution in [2.45, 2.75) is 25.7 Å². The summed E-state index contributed by atoms with van der Waals surface area (Å²) in [6, 6.07) is 10.7. The highest BCUT2D eigenvalue weighted by Gasteiger charge is 1.91. The molecule has 0 radical (unpaired) electrons. The largest absolute Gasteiger partial charge is 0.320 e. The summed E-state index contributed by atoms with van der Waals surface area (Å²) >= 11 is 0. The monoisotopic (exact) mass is 213 g/mol. The zero-order valence-electron chi connectivity index (χ0n) is 8.83. The summed E-state index contributed by atoms with van der Waals surface area (Å²) < 4.78 is 0. The van der Waals surface area contributed by atoms with Gasteiger partial charge < -0.3 is 5.32 Å². The number of hydrogen-bond donors (Lipinski definition) is 1. The molecule has 80 valence electrons. The van der Waals surface area contributed by atoms with E-state index in [0.717, 1.165) is 6.54 Å². The van der Waals surface area contributed by atoms with Crippen LogP contribution in [0.25, 0.3) is 0 Å². The summed E-state index contributed by atoms with van der Waals surface area (Å²) in [5, 5.41) is 3.17. The van der Waals surface area contributed by atoms with Gasteiger partial charge in [0.25, 0.3) is 0 Å². The fraction of sp³-hybridized carbons (Fsp3) is 0.500. The van der Waals surface area contributed by atoms with Gasteiger partial charge in [0.05, 0.1) is 0 Å². The summed E-state index contributed by atoms with van der Waals surface area (Å²) in [5.74, 6) is 0. The van der Waals surface area contributed by atoms with E-state index < -0.39 is 0 Å². The average Bonchev–Trinajstić information content (AvgIpc) is 2.19. The maximum Gasteiger partial charge on any atom is -0.00519 e. The summed E-state index contributed by atoms with van der Waals surface area (Å²) in [4.78, 5) is 0. The van der Waals surface area contributed by atoms with Crippen molar-refractivity contribution in [3.05, 3.63) is 35.9 Å². The number of benzene rings is 1. The first-order valence-corrected chi connectivity index (χ1v) is 5.12. The zero-order chi connectivity index (χ0) is 9.36. The van der Waals surface area contributed by atoms with Gasteiger partial charge in [0.15, 0.2) is 0 Å². The molecule has 0 aliphatic rings. The lowest BCUT2D eigenvalue weighted by Gasteiger charge is -2.01. The van der Waals surface area contributed by atoms with Crippen molar-refractivity contribution in [3.63, 3.8) is 0 Å². The van der Waals surface area contributed by atoms with Crippen LogP contribution < -0.4 is 5.32 Å². The molecule has 14 heavy (non-hydrogen) atoms. The second-order valence-electron chi connectivity index (χ2n) is 3.40. The number of hydrogen-bond acceptors (Lipinski definition) is 1. The van der Waals surface area contributed by atoms with Crippen LogP contribution >= 0.6 is 12.4 Å². The maximum atomic E-state index is 3.17. The van der Waals surface area contributed by atoms with Crippen LogP contribution in [0, 0.1) is 0 Å². The van der Waals surface area contributed by atoms with Gasteiger partial charge in [0.2, 0.25) is 0 Å². The minimum absolute atomic E-state index is 0. The molecule has 0 aromatic heterocycles. The molecule has 0 saturated heterocycles. The Balaban J connectivity index is 0.00000169. The molecular formula is C12H20ClN. The van der Waals surface area contributed by atoms with Crippen molar-refractivity contribution >= 4 is 12.4 Å². The Morgan fingerprint density at radius 1 is 1.00 bits per heavy atom. The highest BCUT2D eigenvalue weighted by molar-refractivity contribution is 5.85. The third-order valence-electron chi connectivity index (χ3n) is 2.24. The van der Waals surface area contributed by atoms with E-state index in [1.807, 2.05) is 7.05 Å². The molecule has 0 saturated carbocycles. The second kappa shape index (κ2) is 9.04. The van der Waals surface area contributed by atoms with E-state index >= 15 is 0 Å². The first kappa shape index (κ1) is 13.5. The van der Waals surface area contributed by atoms with Crippen LogP contribution in [-0.4, -0.2) is 13.6 Å². The van der Waals surface area contributed by atoms with Gasteiger partial charge in [-0.3, -0.25) is 0 Å². The number of rotatable bonds is 6. The minimum Gasteiger partial charge on any atom is -0.320 e. The van der Waals surface area contributed by atoms with Crippen LogP contribution in [0.1, 0.15) is 24.8 Å². The third kappa shape index (κ3) is 6.01. The van der Waals surface area contributed by atoms with Gasteiger partial charge in [-0.05, 0) is 38.4 Å². The van der Waals surface area contributed by atoms with Crippen LogP contribution in [0.2, 0.25) is 0 Å². The van der Waals surface area contributed by atoms with E-state index in [2.05, 4.69) is 35.6 Å². The molecule has 1 aromatic rings. The lowest BCUT2D eigenvalue weighted by Crippen LogP contribution is -2.07. The average molecular weight is 214 g/mol. The van der Waals surface area contributed by atoms with Gasteiger partial charge in [-0.2, -0.15) is 0 Å². The fourth-order valence-electron chi connectivity index (χ4n) is 1.45. The van der Waals surface area contributed by atoms with Crippen LogP contribution in [0.3, 0.4) is 0 Å². The van der Waals surface area contributed by atoms with Crippen LogP contribution in [-0.2, 0) is 6.42 Å². The quantitative estimate of drug-likeness (QED) is 0.717. The standard InChI is InChI=1S/C12H19N.ClH/c1-13-11-7-3-6-10-12-8-4-2-5-9-12;/h2,4-5,8-9,13H,3,6-7,10-11H2,1H3;1H. The van der Waals surface area contributed by atoms with E-state index in [1.54, 1.807) is 0 Å². The minimum atomic E-state index is 0. The van der Waals surface area contributed by atoms with Crippen LogP contribution in [0.4, 0.5) is 0 Å². The first-order valence-electron chi connectivity index (χ1n) is 5.12. The van der Waals surface area contributed by atoms with Gasteiger partial charge in [-0.15, -0.1) is 12.4 Å². The van der Waals surface area contributed by atoms with Gasteiger partial charge >= 0.3 is 0 Å². The SMILES string of the molecule is CNCCCCCc1ccccc1.Cl. The van der Waals surface area contributed by atoms with Crippen LogP contribution in [0.15, 0.2) is 30.3 Å². The third-order valence-corrected chi connectivity index (χ3v) is 2.24. The molecule has 1 N–H and O–H groups in total. The van der Waals surface area contributed by atoms with Crippen molar-refractivity contribution in [2.24, 2.45) is 0 Å². The molecule has 0 aliphatic carbocycles. The first-order chi connectivity index (χ1) is 6.43. The summed E-state index contributed by atoms with van der Waals surface area (Å²) in [5.41, 5.74) is 1.46. The van der Waals surface area contributed by atoms with E-state index in [-0.39, 0.29) is 12.4 Å². The van der Waals surface area contributed by atoms with E-state index in [0.29, 0.717) is 0 Å². The van der Waals surface area contributed by atoms with Gasteiger partial charge in [-0.1, -0.05) is 36.8 Å². The summed E-state index contributed by atoms with van der Waals surface area (Å²) in [7, 11) is 2.01. The molecule has 0 aliphatic heterocycles. The molecule has 1 aromatic carbocycles. The Morgan fingerprint density at radius 3 is 2.36 bits per heavy atom. The molecule has 1 rings (SSSR count). The fourth-order valence-corrected chi connectivity index (χ4v) is 1.45. The van der Waals surface area contributed by atoms with E-state index in [1.165, 1.54) is 31.2 Å². The molecule has 0 fully saturated rings. The highest BCUT2D eigenvalue weighted by Crippen LogP contribution is 2.05. The molecule has 1 nitrogen and oxygen atoms in total. The molecule has 0 unspecified atom stereocenters. The summed E-state index contributed by atoms with van der Waals surface area (Å²) in [6.07, 6.45) is 5.16. The predicted octanol–water partition coefficient (Wildman–Crippen LogP) is 3.04. The Labute approximate surface area is 93.3 Å². The number of unbranched alkanes of at least 4 members (excludes halogenated alkanes) is 2. The smallest absolute Gasteiger partial charge is 0.00519 e. The van der Waals surface area contributed by atoms with Gasteiger partial charge in [0.1, 0.15) is 0 Å². The Bertz CT molecular complexity index is 211. The van der Waals surface area contributed by atoms with Crippen molar-refractivity contribution in [1.82, 2.24) is 5.32 Å².